The molecule has 3 rings (SSSR count). The minimum absolute atomic E-state index is 0.0347. The van der Waals surface area contributed by atoms with Gasteiger partial charge in [0.25, 0.3) is 0 Å². The van der Waals surface area contributed by atoms with Gasteiger partial charge >= 0.3 is 0 Å². The predicted octanol–water partition coefficient (Wildman–Crippen LogP) is 2.43. The predicted molar refractivity (Wildman–Crippen MR) is 70.0 cm³/mol. The topological polar surface area (TPSA) is 61.8 Å². The molecule has 90 valence electrons. The molecule has 0 saturated carbocycles. The summed E-state index contributed by atoms with van der Waals surface area (Å²) in [6.07, 6.45) is 1.77. The first-order valence-corrected chi connectivity index (χ1v) is 5.79. The second-order valence-corrected chi connectivity index (χ2v) is 4.31. The Morgan fingerprint density at radius 2 is 2.11 bits per heavy atom. The van der Waals surface area contributed by atoms with Gasteiger partial charge in [-0.15, -0.1) is 0 Å². The summed E-state index contributed by atoms with van der Waals surface area (Å²) in [5, 5.41) is 9.11. The van der Waals surface area contributed by atoms with Crippen molar-refractivity contribution in [1.29, 1.82) is 0 Å². The lowest BCUT2D eigenvalue weighted by Crippen LogP contribution is -1.85. The van der Waals surface area contributed by atoms with Crippen LogP contribution in [0.1, 0.15) is 11.1 Å². The van der Waals surface area contributed by atoms with E-state index in [2.05, 4.69) is 15.0 Å². The first-order chi connectivity index (χ1) is 8.76. The summed E-state index contributed by atoms with van der Waals surface area (Å²) in [6.45, 7) is 2.06. The highest BCUT2D eigenvalue weighted by atomic mass is 16.3. The van der Waals surface area contributed by atoms with E-state index >= 15 is 0 Å². The van der Waals surface area contributed by atoms with Crippen LogP contribution in [0.4, 0.5) is 0 Å². The number of nitrogens with zero attached hydrogens (tertiary/aromatic N) is 2. The third kappa shape index (κ3) is 1.87. The van der Waals surface area contributed by atoms with Crippen LogP contribution in [-0.4, -0.2) is 20.1 Å². The van der Waals surface area contributed by atoms with Crippen molar-refractivity contribution in [2.45, 2.75) is 13.5 Å². The first kappa shape index (κ1) is 10.9. The summed E-state index contributed by atoms with van der Waals surface area (Å²) < 4.78 is 0. The van der Waals surface area contributed by atoms with Crippen LogP contribution in [0.2, 0.25) is 0 Å². The molecule has 0 radical (unpaired) electrons. The number of rotatable bonds is 2. The van der Waals surface area contributed by atoms with E-state index in [4.69, 9.17) is 5.11 Å². The lowest BCUT2D eigenvalue weighted by molar-refractivity contribution is 0.282. The van der Waals surface area contributed by atoms with Crippen LogP contribution in [0.25, 0.3) is 22.6 Å². The average molecular weight is 239 g/mol. The number of fused-ring (bicyclic) bond motifs is 1. The van der Waals surface area contributed by atoms with E-state index < -0.39 is 0 Å². The number of aliphatic hydroxyl groups is 1. The minimum Gasteiger partial charge on any atom is -0.392 e. The summed E-state index contributed by atoms with van der Waals surface area (Å²) in [5.74, 6) is 0.754. The van der Waals surface area contributed by atoms with Crippen molar-refractivity contribution in [2.24, 2.45) is 0 Å². The highest BCUT2D eigenvalue weighted by molar-refractivity contribution is 5.79. The van der Waals surface area contributed by atoms with Gasteiger partial charge in [-0.25, -0.2) is 4.98 Å². The van der Waals surface area contributed by atoms with Crippen LogP contribution in [0.3, 0.4) is 0 Å². The molecule has 18 heavy (non-hydrogen) atoms. The molecule has 0 aliphatic heterocycles. The molecule has 2 heterocycles. The molecule has 4 heteroatoms. The van der Waals surface area contributed by atoms with Crippen LogP contribution < -0.4 is 0 Å². The number of H-pyrrole nitrogens is 1. The molecule has 0 aliphatic rings. The van der Waals surface area contributed by atoms with Gasteiger partial charge in [-0.3, -0.25) is 4.98 Å². The fraction of sp³-hybridized carbons (Fsp3) is 0.143. The Bertz CT molecular complexity index is 703. The maximum atomic E-state index is 9.11. The number of imidazole rings is 1. The molecule has 3 aromatic rings. The van der Waals surface area contributed by atoms with Crippen molar-refractivity contribution in [3.05, 3.63) is 47.7 Å². The van der Waals surface area contributed by atoms with Crippen molar-refractivity contribution in [1.82, 2.24) is 15.0 Å². The summed E-state index contributed by atoms with van der Waals surface area (Å²) in [6, 6.07) is 9.62. The largest absolute Gasteiger partial charge is 0.392 e. The molecule has 2 N–H and O–H groups in total. The van der Waals surface area contributed by atoms with Gasteiger partial charge in [-0.05, 0) is 42.3 Å². The maximum Gasteiger partial charge on any atom is 0.157 e. The molecule has 0 amide bonds. The van der Waals surface area contributed by atoms with Crippen molar-refractivity contribution in [3.63, 3.8) is 0 Å². The van der Waals surface area contributed by atoms with Gasteiger partial charge in [-0.1, -0.05) is 6.07 Å². The Morgan fingerprint density at radius 3 is 2.89 bits per heavy atom. The normalized spacial score (nSPS) is 11.0. The van der Waals surface area contributed by atoms with Gasteiger partial charge in [0.15, 0.2) is 5.82 Å². The van der Waals surface area contributed by atoms with E-state index in [9.17, 15) is 0 Å². The molecule has 0 aliphatic carbocycles. The Morgan fingerprint density at radius 1 is 1.22 bits per heavy atom. The van der Waals surface area contributed by atoms with Gasteiger partial charge in [0.05, 0.1) is 17.6 Å². The lowest BCUT2D eigenvalue weighted by atomic mass is 10.2. The molecule has 2 aromatic heterocycles. The summed E-state index contributed by atoms with van der Waals surface area (Å²) in [7, 11) is 0. The zero-order chi connectivity index (χ0) is 12.5. The molecular formula is C14H13N3O. The van der Waals surface area contributed by atoms with Gasteiger partial charge in [0, 0.05) is 6.20 Å². The zero-order valence-electron chi connectivity index (χ0n) is 10.0. The van der Waals surface area contributed by atoms with Crippen molar-refractivity contribution < 1.29 is 5.11 Å². The molecular weight excluding hydrogens is 226 g/mol. The summed E-state index contributed by atoms with van der Waals surface area (Å²) in [5.41, 5.74) is 4.65. The molecule has 0 atom stereocenters. The van der Waals surface area contributed by atoms with E-state index in [1.165, 1.54) is 0 Å². The van der Waals surface area contributed by atoms with Crippen LogP contribution in [0.5, 0.6) is 0 Å². The number of hydrogen-bond donors (Lipinski definition) is 2. The summed E-state index contributed by atoms with van der Waals surface area (Å²) in [4.78, 5) is 12.0. The SMILES string of the molecule is Cc1ccnc(-c2nc3ccc(CO)cc3[nH]2)c1. The van der Waals surface area contributed by atoms with Gasteiger partial charge in [0.1, 0.15) is 5.69 Å². The van der Waals surface area contributed by atoms with Crippen LogP contribution in [0.15, 0.2) is 36.5 Å². The van der Waals surface area contributed by atoms with Crippen molar-refractivity contribution in [3.8, 4) is 11.5 Å². The van der Waals surface area contributed by atoms with Crippen LogP contribution in [-0.2, 0) is 6.61 Å². The average Bonchev–Trinajstić information content (AvgIpc) is 2.81. The van der Waals surface area contributed by atoms with Crippen LogP contribution in [0, 0.1) is 6.92 Å². The number of aromatic amines is 1. The maximum absolute atomic E-state index is 9.11. The zero-order valence-corrected chi connectivity index (χ0v) is 10.0. The first-order valence-electron chi connectivity index (χ1n) is 5.79. The summed E-state index contributed by atoms with van der Waals surface area (Å²) >= 11 is 0. The van der Waals surface area contributed by atoms with E-state index in [0.717, 1.165) is 33.7 Å². The second-order valence-electron chi connectivity index (χ2n) is 4.31. The molecule has 0 saturated heterocycles. The molecule has 0 spiro atoms. The molecule has 0 unspecified atom stereocenters. The number of aliphatic hydroxyl groups excluding tert-OH is 1. The minimum atomic E-state index is 0.0347. The standard InChI is InChI=1S/C14H13N3O/c1-9-4-5-15-13(6-9)14-16-11-3-2-10(8-18)7-12(11)17-14/h2-7,18H,8H2,1H3,(H,16,17). The smallest absolute Gasteiger partial charge is 0.157 e. The Hall–Kier alpha value is -2.20. The van der Waals surface area contributed by atoms with Gasteiger partial charge in [0.2, 0.25) is 0 Å². The Labute approximate surface area is 104 Å². The quantitative estimate of drug-likeness (QED) is 0.722. The number of pyridine rings is 1. The molecule has 0 fully saturated rings. The number of hydrogen-bond acceptors (Lipinski definition) is 3. The fourth-order valence-electron chi connectivity index (χ4n) is 1.94. The highest BCUT2D eigenvalue weighted by Crippen LogP contribution is 2.20. The van der Waals surface area contributed by atoms with Crippen molar-refractivity contribution >= 4 is 11.0 Å². The van der Waals surface area contributed by atoms with E-state index in [-0.39, 0.29) is 6.61 Å². The fourth-order valence-corrected chi connectivity index (χ4v) is 1.94. The lowest BCUT2D eigenvalue weighted by Gasteiger charge is -1.96. The van der Waals surface area contributed by atoms with E-state index in [1.54, 1.807) is 6.20 Å². The number of aryl methyl sites for hydroxylation is 1. The second kappa shape index (κ2) is 4.23. The van der Waals surface area contributed by atoms with Gasteiger partial charge in [-0.2, -0.15) is 0 Å². The van der Waals surface area contributed by atoms with E-state index in [0.29, 0.717) is 0 Å². The molecule has 4 nitrogen and oxygen atoms in total. The molecule has 1 aromatic carbocycles. The highest BCUT2D eigenvalue weighted by Gasteiger charge is 2.06. The monoisotopic (exact) mass is 239 g/mol. The third-order valence-electron chi connectivity index (χ3n) is 2.89. The Balaban J connectivity index is 2.13. The number of benzene rings is 1. The van der Waals surface area contributed by atoms with Gasteiger partial charge < -0.3 is 10.1 Å². The number of nitrogens with one attached hydrogen (secondary N) is 1. The Kier molecular flexibility index (Phi) is 2.57. The van der Waals surface area contributed by atoms with Crippen LogP contribution >= 0.6 is 0 Å². The third-order valence-corrected chi connectivity index (χ3v) is 2.89. The van der Waals surface area contributed by atoms with Crippen molar-refractivity contribution in [2.75, 3.05) is 0 Å². The van der Waals surface area contributed by atoms with E-state index in [1.807, 2.05) is 37.3 Å². The number of aromatic nitrogens is 3. The molecule has 0 bridgehead atoms.